The van der Waals surface area contributed by atoms with Crippen molar-refractivity contribution in [1.82, 2.24) is 5.32 Å². The van der Waals surface area contributed by atoms with Crippen molar-refractivity contribution < 1.29 is 23.9 Å². The number of benzene rings is 2. The molecule has 0 aromatic heterocycles. The zero-order chi connectivity index (χ0) is 22.8. The zero-order valence-electron chi connectivity index (χ0n) is 18.0. The summed E-state index contributed by atoms with van der Waals surface area (Å²) in [5.41, 5.74) is 2.97. The van der Waals surface area contributed by atoms with Crippen molar-refractivity contribution in [3.05, 3.63) is 59.1 Å². The number of ether oxygens (including phenoxy) is 2. The fourth-order valence-electron chi connectivity index (χ4n) is 3.23. The molecule has 1 unspecified atom stereocenters. The van der Waals surface area contributed by atoms with Crippen molar-refractivity contribution in [2.75, 3.05) is 13.2 Å². The van der Waals surface area contributed by atoms with Crippen LogP contribution in [0.25, 0.3) is 11.1 Å². The molecule has 2 atom stereocenters. The molecule has 0 saturated heterocycles. The summed E-state index contributed by atoms with van der Waals surface area (Å²) in [5, 5.41) is 3.36. The standard InChI is InChI=1S/C24H28ClNO5/c1-4-30-23(28)16(3)13-21(26-22(27)24(29)31-5-2)14-17-9-11-18(12-10-17)19-7-6-8-20(25)15-19/h6-12,15-16,21H,4-5,13-14H2,1-3H3,(H,26,27)/t16?,21-/m0/s1. The van der Waals surface area contributed by atoms with E-state index in [0.29, 0.717) is 17.9 Å². The van der Waals surface area contributed by atoms with Crippen LogP contribution < -0.4 is 5.32 Å². The summed E-state index contributed by atoms with van der Waals surface area (Å²) >= 11 is 6.07. The van der Waals surface area contributed by atoms with Crippen LogP contribution in [-0.2, 0) is 30.3 Å². The molecule has 2 rings (SSSR count). The van der Waals surface area contributed by atoms with Crippen molar-refractivity contribution in [3.8, 4) is 11.1 Å². The quantitative estimate of drug-likeness (QED) is 0.462. The minimum absolute atomic E-state index is 0.112. The predicted molar refractivity (Wildman–Crippen MR) is 120 cm³/mol. The molecular formula is C24H28ClNO5. The Labute approximate surface area is 187 Å². The van der Waals surface area contributed by atoms with Gasteiger partial charge < -0.3 is 14.8 Å². The van der Waals surface area contributed by atoms with Gasteiger partial charge in [0.2, 0.25) is 0 Å². The van der Waals surface area contributed by atoms with Crippen LogP contribution in [-0.4, -0.2) is 37.1 Å². The third kappa shape index (κ3) is 7.72. The van der Waals surface area contributed by atoms with E-state index in [0.717, 1.165) is 16.7 Å². The second-order valence-electron chi connectivity index (χ2n) is 7.19. The molecule has 0 radical (unpaired) electrons. The Bertz CT molecular complexity index is 897. The minimum atomic E-state index is -0.937. The number of carbonyl (C=O) groups is 3. The Hall–Kier alpha value is -2.86. The molecule has 2 aromatic rings. The van der Waals surface area contributed by atoms with Gasteiger partial charge in [-0.25, -0.2) is 4.79 Å². The average Bonchev–Trinajstić information content (AvgIpc) is 2.74. The van der Waals surface area contributed by atoms with Gasteiger partial charge >= 0.3 is 17.8 Å². The molecule has 1 amide bonds. The Balaban J connectivity index is 2.14. The van der Waals surface area contributed by atoms with Gasteiger partial charge in [-0.3, -0.25) is 9.59 Å². The lowest BCUT2D eigenvalue weighted by atomic mass is 9.95. The van der Waals surface area contributed by atoms with Gasteiger partial charge in [-0.1, -0.05) is 54.9 Å². The number of halogens is 1. The molecule has 0 bridgehead atoms. The summed E-state index contributed by atoms with van der Waals surface area (Å²) in [7, 11) is 0. The molecule has 0 aliphatic rings. The van der Waals surface area contributed by atoms with Crippen LogP contribution >= 0.6 is 11.6 Å². The lowest BCUT2D eigenvalue weighted by Crippen LogP contribution is -2.42. The van der Waals surface area contributed by atoms with Gasteiger partial charge in [0, 0.05) is 11.1 Å². The second kappa shape index (κ2) is 12.1. The van der Waals surface area contributed by atoms with Gasteiger partial charge in [-0.05, 0) is 55.5 Å². The zero-order valence-corrected chi connectivity index (χ0v) is 18.8. The highest BCUT2D eigenvalue weighted by molar-refractivity contribution is 6.32. The summed E-state index contributed by atoms with van der Waals surface area (Å²) in [5.74, 6) is -2.53. The summed E-state index contributed by atoms with van der Waals surface area (Å²) < 4.78 is 9.83. The maximum Gasteiger partial charge on any atom is 0.396 e. The van der Waals surface area contributed by atoms with Crippen LogP contribution in [0, 0.1) is 5.92 Å². The monoisotopic (exact) mass is 445 g/mol. The fraction of sp³-hybridized carbons (Fsp3) is 0.375. The van der Waals surface area contributed by atoms with E-state index >= 15 is 0 Å². The number of esters is 2. The smallest absolute Gasteiger partial charge is 0.396 e. The number of amides is 1. The van der Waals surface area contributed by atoms with E-state index in [1.54, 1.807) is 20.8 Å². The van der Waals surface area contributed by atoms with Crippen molar-refractivity contribution in [2.24, 2.45) is 5.92 Å². The number of rotatable bonds is 9. The van der Waals surface area contributed by atoms with Gasteiger partial charge in [0.05, 0.1) is 19.1 Å². The Kier molecular flexibility index (Phi) is 9.53. The molecule has 0 aliphatic carbocycles. The van der Waals surface area contributed by atoms with Crippen LogP contribution in [0.4, 0.5) is 0 Å². The summed E-state index contributed by atoms with van der Waals surface area (Å²) in [4.78, 5) is 36.0. The first-order valence-electron chi connectivity index (χ1n) is 10.3. The fourth-order valence-corrected chi connectivity index (χ4v) is 3.42. The van der Waals surface area contributed by atoms with Gasteiger partial charge in [-0.15, -0.1) is 0 Å². The van der Waals surface area contributed by atoms with Crippen LogP contribution in [0.2, 0.25) is 5.02 Å². The molecule has 1 N–H and O–H groups in total. The number of carbonyl (C=O) groups excluding carboxylic acids is 3. The van der Waals surface area contributed by atoms with Crippen molar-refractivity contribution in [2.45, 2.75) is 39.7 Å². The van der Waals surface area contributed by atoms with E-state index in [-0.39, 0.29) is 19.2 Å². The lowest BCUT2D eigenvalue weighted by Gasteiger charge is -2.21. The molecule has 0 heterocycles. The van der Waals surface area contributed by atoms with Crippen LogP contribution in [0.15, 0.2) is 48.5 Å². The third-order valence-electron chi connectivity index (χ3n) is 4.72. The minimum Gasteiger partial charge on any atom is -0.466 e. The molecule has 0 fully saturated rings. The van der Waals surface area contributed by atoms with E-state index in [4.69, 9.17) is 21.1 Å². The molecule has 0 saturated carbocycles. The highest BCUT2D eigenvalue weighted by atomic mass is 35.5. The van der Waals surface area contributed by atoms with Crippen LogP contribution in [0.3, 0.4) is 0 Å². The first-order valence-corrected chi connectivity index (χ1v) is 10.7. The van der Waals surface area contributed by atoms with E-state index < -0.39 is 23.8 Å². The highest BCUT2D eigenvalue weighted by Crippen LogP contribution is 2.23. The second-order valence-corrected chi connectivity index (χ2v) is 7.63. The molecule has 166 valence electrons. The Morgan fingerprint density at radius 3 is 2.26 bits per heavy atom. The van der Waals surface area contributed by atoms with E-state index in [2.05, 4.69) is 5.32 Å². The van der Waals surface area contributed by atoms with Crippen molar-refractivity contribution in [1.29, 1.82) is 0 Å². The predicted octanol–water partition coefficient (Wildman–Crippen LogP) is 4.19. The molecular weight excluding hydrogens is 418 g/mol. The Morgan fingerprint density at radius 1 is 0.968 bits per heavy atom. The molecule has 2 aromatic carbocycles. The normalized spacial score (nSPS) is 12.5. The Morgan fingerprint density at radius 2 is 1.65 bits per heavy atom. The SMILES string of the molecule is CCOC(=O)C(=O)N[C@H](Cc1ccc(-c2cccc(Cl)c2)cc1)CC(C)C(=O)OCC. The summed E-state index contributed by atoms with van der Waals surface area (Å²) in [6, 6.07) is 15.0. The molecule has 6 nitrogen and oxygen atoms in total. The summed E-state index contributed by atoms with van der Waals surface area (Å²) in [6.07, 6.45) is 0.782. The van der Waals surface area contributed by atoms with Crippen LogP contribution in [0.5, 0.6) is 0 Å². The molecule has 0 spiro atoms. The highest BCUT2D eigenvalue weighted by Gasteiger charge is 2.25. The number of nitrogens with one attached hydrogen (secondary N) is 1. The van der Waals surface area contributed by atoms with Crippen LogP contribution in [0.1, 0.15) is 32.8 Å². The van der Waals surface area contributed by atoms with Crippen molar-refractivity contribution in [3.63, 3.8) is 0 Å². The third-order valence-corrected chi connectivity index (χ3v) is 4.95. The van der Waals surface area contributed by atoms with E-state index in [1.165, 1.54) is 0 Å². The maximum atomic E-state index is 12.2. The first-order chi connectivity index (χ1) is 14.8. The van der Waals surface area contributed by atoms with Gasteiger partial charge in [-0.2, -0.15) is 0 Å². The molecule has 7 heteroatoms. The number of hydrogen-bond acceptors (Lipinski definition) is 5. The van der Waals surface area contributed by atoms with E-state index in [9.17, 15) is 14.4 Å². The van der Waals surface area contributed by atoms with Gasteiger partial charge in [0.1, 0.15) is 0 Å². The first kappa shape index (κ1) is 24.4. The largest absolute Gasteiger partial charge is 0.466 e. The molecule has 31 heavy (non-hydrogen) atoms. The summed E-state index contributed by atoms with van der Waals surface area (Å²) in [6.45, 7) is 5.51. The maximum absolute atomic E-state index is 12.2. The number of hydrogen-bond donors (Lipinski definition) is 1. The van der Waals surface area contributed by atoms with Gasteiger partial charge in [0.25, 0.3) is 0 Å². The topological polar surface area (TPSA) is 81.7 Å². The average molecular weight is 446 g/mol. The van der Waals surface area contributed by atoms with Crippen molar-refractivity contribution >= 4 is 29.4 Å². The van der Waals surface area contributed by atoms with E-state index in [1.807, 2.05) is 48.5 Å². The lowest BCUT2D eigenvalue weighted by molar-refractivity contribution is -0.155. The molecule has 0 aliphatic heterocycles. The van der Waals surface area contributed by atoms with Gasteiger partial charge in [0.15, 0.2) is 0 Å².